The molecular weight excluding hydrogens is 256 g/mol. The van der Waals surface area contributed by atoms with Crippen LogP contribution in [0, 0.1) is 34.0 Å². The Balaban J connectivity index is 2.12. The van der Waals surface area contributed by atoms with Gasteiger partial charge in [-0.15, -0.1) is 0 Å². The van der Waals surface area contributed by atoms with Gasteiger partial charge in [0.2, 0.25) is 0 Å². The van der Waals surface area contributed by atoms with Gasteiger partial charge in [-0.2, -0.15) is 0 Å². The highest BCUT2D eigenvalue weighted by Crippen LogP contribution is 2.87. The lowest BCUT2D eigenvalue weighted by Crippen LogP contribution is -2.29. The van der Waals surface area contributed by atoms with Gasteiger partial charge in [0.25, 0.3) is 0 Å². The Morgan fingerprint density at radius 1 is 1.10 bits per heavy atom. The number of ether oxygens (including phenoxy) is 2. The molecule has 4 heteroatoms. The highest BCUT2D eigenvalue weighted by molar-refractivity contribution is 5.94. The van der Waals surface area contributed by atoms with E-state index in [4.69, 9.17) is 9.47 Å². The van der Waals surface area contributed by atoms with E-state index in [2.05, 4.69) is 27.7 Å². The molecule has 0 bridgehead atoms. The molecule has 4 atom stereocenters. The Morgan fingerprint density at radius 2 is 1.70 bits per heavy atom. The molecule has 0 N–H and O–H groups in total. The molecule has 0 amide bonds. The van der Waals surface area contributed by atoms with Crippen molar-refractivity contribution in [3.8, 4) is 0 Å². The molecule has 0 aromatic rings. The summed E-state index contributed by atoms with van der Waals surface area (Å²) in [7, 11) is 2.86. The zero-order valence-electron chi connectivity index (χ0n) is 12.9. The van der Waals surface area contributed by atoms with Crippen molar-refractivity contribution >= 4 is 11.9 Å². The van der Waals surface area contributed by atoms with Crippen molar-refractivity contribution in [2.24, 2.45) is 34.0 Å². The summed E-state index contributed by atoms with van der Waals surface area (Å²) in [4.78, 5) is 24.5. The van der Waals surface area contributed by atoms with Gasteiger partial charge in [0.15, 0.2) is 0 Å². The van der Waals surface area contributed by atoms with Crippen LogP contribution < -0.4 is 0 Å². The van der Waals surface area contributed by atoms with Crippen LogP contribution in [-0.4, -0.2) is 26.2 Å². The molecule has 20 heavy (non-hydrogen) atoms. The van der Waals surface area contributed by atoms with Gasteiger partial charge >= 0.3 is 11.9 Å². The van der Waals surface area contributed by atoms with Crippen molar-refractivity contribution in [3.05, 3.63) is 11.6 Å². The summed E-state index contributed by atoms with van der Waals surface area (Å²) in [5, 5.41) is 0. The van der Waals surface area contributed by atoms with Crippen molar-refractivity contribution in [1.82, 2.24) is 0 Å². The molecule has 110 valence electrons. The van der Waals surface area contributed by atoms with Gasteiger partial charge < -0.3 is 9.47 Å². The van der Waals surface area contributed by atoms with Crippen LogP contribution in [0.4, 0.5) is 0 Å². The third-order valence-electron chi connectivity index (χ3n) is 6.19. The Bertz CT molecular complexity index is 543. The third kappa shape index (κ3) is 1.15. The van der Waals surface area contributed by atoms with E-state index in [0.29, 0.717) is 0 Å². The Labute approximate surface area is 119 Å². The summed E-state index contributed by atoms with van der Waals surface area (Å²) in [5.41, 5.74) is 0.0640. The molecule has 4 nitrogen and oxygen atoms in total. The maximum Gasteiger partial charge on any atom is 0.333 e. The van der Waals surface area contributed by atoms with Gasteiger partial charge in [0, 0.05) is 17.4 Å². The average Bonchev–Trinajstić information content (AvgIpc) is 3.16. The molecule has 3 aliphatic rings. The molecule has 0 aliphatic heterocycles. The van der Waals surface area contributed by atoms with Gasteiger partial charge in [-0.25, -0.2) is 4.79 Å². The third-order valence-corrected chi connectivity index (χ3v) is 6.19. The van der Waals surface area contributed by atoms with Gasteiger partial charge in [0.1, 0.15) is 0 Å². The minimum atomic E-state index is -0.465. The second kappa shape index (κ2) is 3.46. The average molecular weight is 278 g/mol. The van der Waals surface area contributed by atoms with Crippen molar-refractivity contribution in [2.75, 3.05) is 14.2 Å². The fourth-order valence-corrected chi connectivity index (χ4v) is 5.12. The maximum absolute atomic E-state index is 12.4. The minimum absolute atomic E-state index is 0.0588. The molecule has 3 rings (SSSR count). The number of fused-ring (bicyclic) bond motifs is 3. The van der Waals surface area contributed by atoms with Crippen LogP contribution in [0.1, 0.15) is 27.7 Å². The van der Waals surface area contributed by atoms with Crippen LogP contribution in [0.3, 0.4) is 0 Å². The summed E-state index contributed by atoms with van der Waals surface area (Å²) in [6, 6.07) is 0. The lowest BCUT2D eigenvalue weighted by Gasteiger charge is -2.21. The second-order valence-electron chi connectivity index (χ2n) is 7.45. The number of esters is 2. The van der Waals surface area contributed by atoms with E-state index in [1.165, 1.54) is 14.2 Å². The molecule has 0 aromatic carbocycles. The number of allylic oxidation sites excluding steroid dienone is 1. The smallest absolute Gasteiger partial charge is 0.333 e. The monoisotopic (exact) mass is 278 g/mol. The summed E-state index contributed by atoms with van der Waals surface area (Å²) in [6.07, 6.45) is 1.97. The van der Waals surface area contributed by atoms with Crippen molar-refractivity contribution in [2.45, 2.75) is 27.7 Å². The van der Waals surface area contributed by atoms with E-state index in [-0.39, 0.29) is 40.5 Å². The van der Waals surface area contributed by atoms with E-state index in [0.717, 1.165) is 5.57 Å². The van der Waals surface area contributed by atoms with Gasteiger partial charge in [-0.3, -0.25) is 4.79 Å². The number of carbonyl (C=O) groups is 2. The molecule has 2 saturated carbocycles. The number of rotatable bonds is 2. The summed E-state index contributed by atoms with van der Waals surface area (Å²) >= 11 is 0. The quantitative estimate of drug-likeness (QED) is 0.727. The van der Waals surface area contributed by atoms with E-state index >= 15 is 0 Å². The Morgan fingerprint density at radius 3 is 2.20 bits per heavy atom. The van der Waals surface area contributed by atoms with Crippen LogP contribution in [0.15, 0.2) is 11.6 Å². The first kappa shape index (κ1) is 13.7. The highest BCUT2D eigenvalue weighted by atomic mass is 16.5. The van der Waals surface area contributed by atoms with E-state index in [9.17, 15) is 9.59 Å². The molecule has 2 fully saturated rings. The SMILES string of the molecule is COC(=O)C1=C[C@H]2C(C)(C)[C@@]2(C(=O)OC)[C@H]2[C@@H]1C2(C)C. The first-order valence-electron chi connectivity index (χ1n) is 7.07. The van der Waals surface area contributed by atoms with Crippen molar-refractivity contribution in [3.63, 3.8) is 0 Å². The lowest BCUT2D eigenvalue weighted by atomic mass is 9.84. The van der Waals surface area contributed by atoms with E-state index < -0.39 is 5.41 Å². The first-order valence-corrected chi connectivity index (χ1v) is 7.07. The molecule has 0 saturated heterocycles. The predicted molar refractivity (Wildman–Crippen MR) is 72.6 cm³/mol. The van der Waals surface area contributed by atoms with Crippen LogP contribution in [0.25, 0.3) is 0 Å². The fraction of sp³-hybridized carbons (Fsp3) is 0.750. The van der Waals surface area contributed by atoms with Crippen molar-refractivity contribution in [1.29, 1.82) is 0 Å². The molecular formula is C16H22O4. The van der Waals surface area contributed by atoms with Crippen LogP contribution in [0.5, 0.6) is 0 Å². The summed E-state index contributed by atoms with van der Waals surface area (Å²) < 4.78 is 10.0. The standard InChI is InChI=1S/C16H22O4/c1-14(2)10-8(12(17)19-5)7-9-15(3,4)16(9,11(10)14)13(18)20-6/h7,9-11H,1-6H3/t9-,10+,11-,16+/m0/s1. The fourth-order valence-electron chi connectivity index (χ4n) is 5.12. The zero-order valence-corrected chi connectivity index (χ0v) is 12.9. The van der Waals surface area contributed by atoms with E-state index in [1.54, 1.807) is 0 Å². The normalized spacial score (nSPS) is 41.7. The Kier molecular flexibility index (Phi) is 2.37. The largest absolute Gasteiger partial charge is 0.469 e. The van der Waals surface area contributed by atoms with Crippen LogP contribution in [-0.2, 0) is 19.1 Å². The summed E-state index contributed by atoms with van der Waals surface area (Å²) in [6.45, 7) is 8.44. The molecule has 0 unspecified atom stereocenters. The highest BCUT2D eigenvalue weighted by Gasteiger charge is 2.88. The van der Waals surface area contributed by atoms with Crippen molar-refractivity contribution < 1.29 is 19.1 Å². The zero-order chi connectivity index (χ0) is 15.1. The first-order chi connectivity index (χ1) is 9.18. The number of carbonyl (C=O) groups excluding carboxylic acids is 2. The topological polar surface area (TPSA) is 52.6 Å². The number of hydrogen-bond donors (Lipinski definition) is 0. The van der Waals surface area contributed by atoms with Crippen LogP contribution >= 0.6 is 0 Å². The predicted octanol–water partition coefficient (Wildman–Crippen LogP) is 2.19. The number of methoxy groups -OCH3 is 2. The van der Waals surface area contributed by atoms with Gasteiger partial charge in [0.05, 0.1) is 19.6 Å². The molecule has 0 aromatic heterocycles. The Hall–Kier alpha value is -1.32. The molecule has 0 heterocycles. The molecule has 0 radical (unpaired) electrons. The van der Waals surface area contributed by atoms with Crippen LogP contribution in [0.2, 0.25) is 0 Å². The van der Waals surface area contributed by atoms with Gasteiger partial charge in [-0.05, 0) is 16.7 Å². The van der Waals surface area contributed by atoms with E-state index in [1.807, 2.05) is 6.08 Å². The molecule has 3 aliphatic carbocycles. The summed E-state index contributed by atoms with van der Waals surface area (Å²) in [5.74, 6) is -0.0480. The minimum Gasteiger partial charge on any atom is -0.469 e. The van der Waals surface area contributed by atoms with Gasteiger partial charge in [-0.1, -0.05) is 33.8 Å². The molecule has 0 spiro atoms. The number of hydrogen-bond acceptors (Lipinski definition) is 4. The maximum atomic E-state index is 12.4. The lowest BCUT2D eigenvalue weighted by molar-refractivity contribution is -0.151. The second-order valence-corrected chi connectivity index (χ2v) is 7.45.